The summed E-state index contributed by atoms with van der Waals surface area (Å²) in [6.45, 7) is 3.67. The van der Waals surface area contributed by atoms with Crippen LogP contribution >= 0.6 is 0 Å². The number of nitrogens with zero attached hydrogens (tertiary/aromatic N) is 3. The minimum absolute atomic E-state index is 0.579. The summed E-state index contributed by atoms with van der Waals surface area (Å²) >= 11 is 0. The van der Waals surface area contributed by atoms with Gasteiger partial charge < -0.3 is 5.11 Å². The second-order valence-corrected chi connectivity index (χ2v) is 3.17. The number of aromatic nitrogens is 3. The average Bonchev–Trinajstić information content (AvgIpc) is 2.46. The average molecular weight is 177 g/mol. The molecule has 0 aromatic carbocycles. The lowest BCUT2D eigenvalue weighted by Crippen LogP contribution is -1.98. The number of aliphatic hydroxyl groups is 1. The Morgan fingerprint density at radius 2 is 2.23 bits per heavy atom. The lowest BCUT2D eigenvalue weighted by Gasteiger charge is -2.01. The number of hydrogen-bond donors (Lipinski definition) is 1. The highest BCUT2D eigenvalue weighted by atomic mass is 16.3. The Morgan fingerprint density at radius 1 is 1.46 bits per heavy atom. The van der Waals surface area contributed by atoms with Crippen molar-refractivity contribution in [2.24, 2.45) is 0 Å². The van der Waals surface area contributed by atoms with Crippen LogP contribution in [0, 0.1) is 6.92 Å². The van der Waals surface area contributed by atoms with Gasteiger partial charge in [-0.3, -0.25) is 4.40 Å². The number of pyridine rings is 1. The second-order valence-electron chi connectivity index (χ2n) is 3.17. The molecule has 2 rings (SSSR count). The topological polar surface area (TPSA) is 50.4 Å². The Bertz CT molecular complexity index is 433. The van der Waals surface area contributed by atoms with Gasteiger partial charge in [0.05, 0.1) is 0 Å². The van der Waals surface area contributed by atoms with Gasteiger partial charge in [0.1, 0.15) is 6.10 Å². The van der Waals surface area contributed by atoms with Crippen molar-refractivity contribution in [1.82, 2.24) is 14.6 Å². The Balaban J connectivity index is 2.69. The van der Waals surface area contributed by atoms with Gasteiger partial charge in [-0.2, -0.15) is 0 Å². The first-order valence-electron chi connectivity index (χ1n) is 4.18. The zero-order chi connectivity index (χ0) is 9.42. The zero-order valence-corrected chi connectivity index (χ0v) is 7.60. The molecule has 0 saturated carbocycles. The Morgan fingerprint density at radius 3 is 2.92 bits per heavy atom. The fourth-order valence-electron chi connectivity index (χ4n) is 1.30. The highest BCUT2D eigenvalue weighted by Gasteiger charge is 2.09. The van der Waals surface area contributed by atoms with Gasteiger partial charge in [0.2, 0.25) is 0 Å². The number of hydrogen-bond acceptors (Lipinski definition) is 3. The molecule has 0 saturated heterocycles. The molecule has 68 valence electrons. The molecule has 0 bridgehead atoms. The van der Waals surface area contributed by atoms with E-state index in [0.29, 0.717) is 5.82 Å². The first-order chi connectivity index (χ1) is 6.18. The quantitative estimate of drug-likeness (QED) is 0.709. The standard InChI is InChI=1S/C9H11N3O/c1-6-3-4-12-8(5-6)10-11-9(12)7(2)13/h3-5,7,13H,1-2H3/t7-/m1/s1. The van der Waals surface area contributed by atoms with Crippen molar-refractivity contribution < 1.29 is 5.11 Å². The van der Waals surface area contributed by atoms with E-state index in [4.69, 9.17) is 0 Å². The van der Waals surface area contributed by atoms with E-state index in [2.05, 4.69) is 10.2 Å². The molecule has 0 spiro atoms. The molecule has 4 heteroatoms. The lowest BCUT2D eigenvalue weighted by atomic mass is 10.3. The Kier molecular flexibility index (Phi) is 1.77. The molecule has 0 amide bonds. The summed E-state index contributed by atoms with van der Waals surface area (Å²) in [6, 6.07) is 3.89. The summed E-state index contributed by atoms with van der Waals surface area (Å²) in [5, 5.41) is 17.2. The molecule has 2 heterocycles. The summed E-state index contributed by atoms with van der Waals surface area (Å²) < 4.78 is 1.79. The SMILES string of the molecule is Cc1ccn2c([C@@H](C)O)nnc2c1. The monoisotopic (exact) mass is 177 g/mol. The van der Waals surface area contributed by atoms with Crippen LogP contribution in [0.5, 0.6) is 0 Å². The minimum Gasteiger partial charge on any atom is -0.385 e. The summed E-state index contributed by atoms with van der Waals surface area (Å²) in [7, 11) is 0. The molecule has 0 unspecified atom stereocenters. The zero-order valence-electron chi connectivity index (χ0n) is 7.60. The van der Waals surface area contributed by atoms with Crippen molar-refractivity contribution in [1.29, 1.82) is 0 Å². The molecular formula is C9H11N3O. The van der Waals surface area contributed by atoms with Crippen LogP contribution in [0.2, 0.25) is 0 Å². The second kappa shape index (κ2) is 2.81. The molecule has 0 radical (unpaired) electrons. The maximum atomic E-state index is 9.36. The number of aryl methyl sites for hydroxylation is 1. The molecule has 0 fully saturated rings. The van der Waals surface area contributed by atoms with E-state index >= 15 is 0 Å². The van der Waals surface area contributed by atoms with Crippen LogP contribution in [-0.4, -0.2) is 19.7 Å². The van der Waals surface area contributed by atoms with E-state index in [0.717, 1.165) is 11.2 Å². The van der Waals surface area contributed by atoms with E-state index in [1.54, 1.807) is 11.3 Å². The van der Waals surface area contributed by atoms with E-state index in [1.165, 1.54) is 0 Å². The largest absolute Gasteiger partial charge is 0.385 e. The van der Waals surface area contributed by atoms with Gasteiger partial charge in [0.25, 0.3) is 0 Å². The van der Waals surface area contributed by atoms with E-state index in [-0.39, 0.29) is 0 Å². The van der Waals surface area contributed by atoms with Crippen molar-refractivity contribution in [3.05, 3.63) is 29.7 Å². The maximum Gasteiger partial charge on any atom is 0.166 e. The van der Waals surface area contributed by atoms with E-state index < -0.39 is 6.10 Å². The molecule has 13 heavy (non-hydrogen) atoms. The summed E-state index contributed by atoms with van der Waals surface area (Å²) in [4.78, 5) is 0. The van der Waals surface area contributed by atoms with Crippen molar-refractivity contribution in [2.45, 2.75) is 20.0 Å². The molecular weight excluding hydrogens is 166 g/mol. The molecule has 4 nitrogen and oxygen atoms in total. The number of aliphatic hydroxyl groups excluding tert-OH is 1. The molecule has 0 aliphatic heterocycles. The van der Waals surface area contributed by atoms with Crippen LogP contribution in [0.1, 0.15) is 24.4 Å². The van der Waals surface area contributed by atoms with Gasteiger partial charge in [-0.05, 0) is 31.5 Å². The highest BCUT2D eigenvalue weighted by molar-refractivity contribution is 5.40. The number of rotatable bonds is 1. The molecule has 2 aromatic rings. The van der Waals surface area contributed by atoms with Crippen LogP contribution in [0.15, 0.2) is 18.3 Å². The van der Waals surface area contributed by atoms with Crippen molar-refractivity contribution in [3.8, 4) is 0 Å². The van der Waals surface area contributed by atoms with Gasteiger partial charge >= 0.3 is 0 Å². The van der Waals surface area contributed by atoms with Crippen LogP contribution in [0.25, 0.3) is 5.65 Å². The highest BCUT2D eigenvalue weighted by Crippen LogP contribution is 2.12. The van der Waals surface area contributed by atoms with Gasteiger partial charge in [0.15, 0.2) is 11.5 Å². The number of fused-ring (bicyclic) bond motifs is 1. The molecule has 0 aliphatic rings. The third-order valence-electron chi connectivity index (χ3n) is 1.97. The summed E-state index contributed by atoms with van der Waals surface area (Å²) in [5.74, 6) is 0.579. The van der Waals surface area contributed by atoms with Gasteiger partial charge in [-0.25, -0.2) is 0 Å². The van der Waals surface area contributed by atoms with Crippen molar-refractivity contribution in [3.63, 3.8) is 0 Å². The smallest absolute Gasteiger partial charge is 0.166 e. The fourth-order valence-corrected chi connectivity index (χ4v) is 1.30. The molecule has 0 aliphatic carbocycles. The van der Waals surface area contributed by atoms with Crippen LogP contribution in [0.4, 0.5) is 0 Å². The lowest BCUT2D eigenvalue weighted by molar-refractivity contribution is 0.187. The minimum atomic E-state index is -0.585. The van der Waals surface area contributed by atoms with Crippen LogP contribution in [-0.2, 0) is 0 Å². The predicted molar refractivity (Wildman–Crippen MR) is 48.4 cm³/mol. The summed E-state index contributed by atoms with van der Waals surface area (Å²) in [5.41, 5.74) is 1.91. The summed E-state index contributed by atoms with van der Waals surface area (Å²) in [6.07, 6.45) is 1.28. The predicted octanol–water partition coefficient (Wildman–Crippen LogP) is 1.09. The third kappa shape index (κ3) is 1.29. The maximum absolute atomic E-state index is 9.36. The van der Waals surface area contributed by atoms with Gasteiger partial charge in [-0.1, -0.05) is 0 Å². The van der Waals surface area contributed by atoms with Crippen molar-refractivity contribution in [2.75, 3.05) is 0 Å². The van der Waals surface area contributed by atoms with E-state index in [1.807, 2.05) is 25.3 Å². The fraction of sp³-hybridized carbons (Fsp3) is 0.333. The Hall–Kier alpha value is -1.42. The van der Waals surface area contributed by atoms with Crippen LogP contribution in [0.3, 0.4) is 0 Å². The molecule has 1 atom stereocenters. The molecule has 1 N–H and O–H groups in total. The first-order valence-corrected chi connectivity index (χ1v) is 4.18. The van der Waals surface area contributed by atoms with Gasteiger partial charge in [-0.15, -0.1) is 10.2 Å². The van der Waals surface area contributed by atoms with Crippen molar-refractivity contribution >= 4 is 5.65 Å². The first kappa shape index (κ1) is 8.19. The normalized spacial score (nSPS) is 13.5. The molecule has 2 aromatic heterocycles. The Labute approximate surface area is 75.8 Å². The van der Waals surface area contributed by atoms with E-state index in [9.17, 15) is 5.11 Å². The third-order valence-corrected chi connectivity index (χ3v) is 1.97. The van der Waals surface area contributed by atoms with Gasteiger partial charge in [0, 0.05) is 6.20 Å². The van der Waals surface area contributed by atoms with Crippen LogP contribution < -0.4 is 0 Å².